The SMILES string of the molecule is CCOCCOC(=O)C1C(C)=NC2=C(C(=O)CCC2)[C@H]1c1cc(Cl)c(O)c(OC)c1. The number of benzene rings is 1. The number of carbonyl (C=O) groups is 2. The van der Waals surface area contributed by atoms with Gasteiger partial charge in [-0.15, -0.1) is 0 Å². The molecular formula is C22H26ClNO6. The van der Waals surface area contributed by atoms with Crippen molar-refractivity contribution < 1.29 is 28.9 Å². The Kier molecular flexibility index (Phi) is 7.15. The Morgan fingerprint density at radius 1 is 1.30 bits per heavy atom. The average molecular weight is 436 g/mol. The average Bonchev–Trinajstić information content (AvgIpc) is 2.72. The number of nitrogens with zero attached hydrogens (tertiary/aromatic N) is 1. The second kappa shape index (κ2) is 9.62. The van der Waals surface area contributed by atoms with Crippen molar-refractivity contribution in [3.8, 4) is 11.5 Å². The minimum Gasteiger partial charge on any atom is -0.503 e. The van der Waals surface area contributed by atoms with Crippen LogP contribution in [0.3, 0.4) is 0 Å². The summed E-state index contributed by atoms with van der Waals surface area (Å²) in [5, 5.41) is 10.2. The Morgan fingerprint density at radius 2 is 2.07 bits per heavy atom. The molecule has 0 aromatic heterocycles. The van der Waals surface area contributed by atoms with Crippen LogP contribution in [-0.2, 0) is 19.1 Å². The third-order valence-electron chi connectivity index (χ3n) is 5.39. The number of phenolic OH excluding ortho intramolecular Hbond substituents is 1. The van der Waals surface area contributed by atoms with Gasteiger partial charge in [0.2, 0.25) is 0 Å². The van der Waals surface area contributed by atoms with E-state index in [2.05, 4.69) is 4.99 Å². The molecule has 30 heavy (non-hydrogen) atoms. The smallest absolute Gasteiger partial charge is 0.315 e. The number of ketones is 1. The van der Waals surface area contributed by atoms with Gasteiger partial charge in [0, 0.05) is 35.9 Å². The zero-order valence-corrected chi connectivity index (χ0v) is 18.1. The van der Waals surface area contributed by atoms with Gasteiger partial charge < -0.3 is 19.3 Å². The monoisotopic (exact) mass is 435 g/mol. The lowest BCUT2D eigenvalue weighted by Gasteiger charge is -2.34. The molecule has 0 radical (unpaired) electrons. The van der Waals surface area contributed by atoms with Gasteiger partial charge >= 0.3 is 5.97 Å². The van der Waals surface area contributed by atoms with Crippen LogP contribution in [0.4, 0.5) is 0 Å². The zero-order chi connectivity index (χ0) is 21.8. The number of hydrogen-bond acceptors (Lipinski definition) is 7. The van der Waals surface area contributed by atoms with Crippen molar-refractivity contribution >= 4 is 29.1 Å². The van der Waals surface area contributed by atoms with E-state index in [0.29, 0.717) is 48.6 Å². The summed E-state index contributed by atoms with van der Waals surface area (Å²) >= 11 is 6.22. The predicted molar refractivity (Wildman–Crippen MR) is 112 cm³/mol. The first kappa shape index (κ1) is 22.3. The summed E-state index contributed by atoms with van der Waals surface area (Å²) in [7, 11) is 1.42. The fourth-order valence-corrected chi connectivity index (χ4v) is 4.26. The summed E-state index contributed by atoms with van der Waals surface area (Å²) in [6, 6.07) is 3.17. The van der Waals surface area contributed by atoms with E-state index in [4.69, 9.17) is 25.8 Å². The maximum atomic E-state index is 13.0. The molecule has 162 valence electrons. The van der Waals surface area contributed by atoms with Gasteiger partial charge in [-0.1, -0.05) is 11.6 Å². The van der Waals surface area contributed by atoms with Crippen LogP contribution in [0.2, 0.25) is 5.02 Å². The molecule has 0 saturated carbocycles. The van der Waals surface area contributed by atoms with Crippen molar-refractivity contribution in [2.45, 2.75) is 39.0 Å². The fraction of sp³-hybridized carbons (Fsp3) is 0.500. The van der Waals surface area contributed by atoms with Crippen molar-refractivity contribution in [1.29, 1.82) is 0 Å². The van der Waals surface area contributed by atoms with Crippen LogP contribution in [-0.4, -0.2) is 49.5 Å². The third-order valence-corrected chi connectivity index (χ3v) is 5.68. The Balaban J connectivity index is 2.06. The van der Waals surface area contributed by atoms with Crippen molar-refractivity contribution in [3.05, 3.63) is 34.0 Å². The normalized spacial score (nSPS) is 21.2. The minimum absolute atomic E-state index is 0.0345. The van der Waals surface area contributed by atoms with Crippen molar-refractivity contribution in [2.75, 3.05) is 26.9 Å². The molecule has 1 unspecified atom stereocenters. The number of Topliss-reactive ketones (excluding diaryl/α,β-unsaturated/α-hetero) is 1. The molecule has 2 aliphatic rings. The van der Waals surface area contributed by atoms with E-state index in [0.717, 1.165) is 6.42 Å². The third kappa shape index (κ3) is 4.37. The molecule has 1 aliphatic carbocycles. The van der Waals surface area contributed by atoms with E-state index in [1.807, 2.05) is 6.92 Å². The van der Waals surface area contributed by atoms with Gasteiger partial charge in [0.05, 0.1) is 18.7 Å². The molecule has 1 heterocycles. The first-order chi connectivity index (χ1) is 14.4. The number of halogens is 1. The molecular weight excluding hydrogens is 410 g/mol. The molecule has 2 atom stereocenters. The Labute approximate surface area is 180 Å². The largest absolute Gasteiger partial charge is 0.503 e. The van der Waals surface area contributed by atoms with Gasteiger partial charge in [-0.2, -0.15) is 0 Å². The number of esters is 1. The molecule has 0 amide bonds. The standard InChI is InChI=1S/C22H26ClNO6/c1-4-29-8-9-30-22(27)18-12(2)24-15-6-5-7-16(25)20(15)19(18)13-10-14(23)21(26)17(11-13)28-3/h10-11,18-19,26H,4-9H2,1-3H3/t18?,19-/m0/s1. The van der Waals surface area contributed by atoms with Gasteiger partial charge in [-0.05, 0) is 44.4 Å². The summed E-state index contributed by atoms with van der Waals surface area (Å²) in [6.45, 7) is 4.56. The number of phenols is 1. The van der Waals surface area contributed by atoms with Gasteiger partial charge in [0.1, 0.15) is 12.5 Å². The highest BCUT2D eigenvalue weighted by molar-refractivity contribution is 6.32. The topological polar surface area (TPSA) is 94.4 Å². The number of rotatable bonds is 7. The first-order valence-corrected chi connectivity index (χ1v) is 10.4. The molecule has 1 aromatic carbocycles. The number of ether oxygens (including phenoxy) is 3. The fourth-order valence-electron chi connectivity index (χ4n) is 4.04. The van der Waals surface area contributed by atoms with Crippen molar-refractivity contribution in [1.82, 2.24) is 0 Å². The molecule has 1 aromatic rings. The first-order valence-electron chi connectivity index (χ1n) is 10.0. The molecule has 7 nitrogen and oxygen atoms in total. The van der Waals surface area contributed by atoms with E-state index in [-0.39, 0.29) is 28.9 Å². The van der Waals surface area contributed by atoms with E-state index < -0.39 is 17.8 Å². The minimum atomic E-state index is -0.780. The number of carbonyl (C=O) groups excluding carboxylic acids is 2. The molecule has 8 heteroatoms. The van der Waals surface area contributed by atoms with Gasteiger partial charge in [-0.25, -0.2) is 0 Å². The molecule has 0 saturated heterocycles. The van der Waals surface area contributed by atoms with E-state index in [1.54, 1.807) is 19.1 Å². The predicted octanol–water partition coefficient (Wildman–Crippen LogP) is 3.82. The number of aromatic hydroxyl groups is 1. The van der Waals surface area contributed by atoms with Gasteiger partial charge in [0.15, 0.2) is 17.3 Å². The zero-order valence-electron chi connectivity index (χ0n) is 17.4. The number of hydrogen-bond donors (Lipinski definition) is 1. The summed E-state index contributed by atoms with van der Waals surface area (Å²) in [6.07, 6.45) is 1.80. The second-order valence-corrected chi connectivity index (χ2v) is 7.67. The lowest BCUT2D eigenvalue weighted by atomic mass is 9.71. The van der Waals surface area contributed by atoms with Crippen LogP contribution in [0.25, 0.3) is 0 Å². The Hall–Kier alpha value is -2.38. The highest BCUT2D eigenvalue weighted by Gasteiger charge is 2.43. The summed E-state index contributed by atoms with van der Waals surface area (Å²) in [5.74, 6) is -1.92. The van der Waals surface area contributed by atoms with Crippen LogP contribution < -0.4 is 4.74 Å². The quantitative estimate of drug-likeness (QED) is 0.517. The Morgan fingerprint density at radius 3 is 2.77 bits per heavy atom. The molecule has 3 rings (SSSR count). The molecule has 0 bridgehead atoms. The molecule has 0 spiro atoms. The molecule has 1 aliphatic heterocycles. The highest BCUT2D eigenvalue weighted by Crippen LogP contribution is 2.46. The second-order valence-electron chi connectivity index (χ2n) is 7.26. The maximum absolute atomic E-state index is 13.0. The summed E-state index contributed by atoms with van der Waals surface area (Å²) in [5.41, 5.74) is 2.40. The number of methoxy groups -OCH3 is 1. The summed E-state index contributed by atoms with van der Waals surface area (Å²) < 4.78 is 15.9. The lowest BCUT2D eigenvalue weighted by Crippen LogP contribution is -2.37. The van der Waals surface area contributed by atoms with Gasteiger partial charge in [0.25, 0.3) is 0 Å². The number of allylic oxidation sites excluding steroid dienone is 2. The van der Waals surface area contributed by atoms with Crippen LogP contribution in [0.15, 0.2) is 28.4 Å². The highest BCUT2D eigenvalue weighted by atomic mass is 35.5. The Bertz CT molecular complexity index is 907. The molecule has 1 N–H and O–H groups in total. The van der Waals surface area contributed by atoms with Gasteiger partial charge in [-0.3, -0.25) is 14.6 Å². The van der Waals surface area contributed by atoms with Crippen LogP contribution in [0.5, 0.6) is 11.5 Å². The van der Waals surface area contributed by atoms with E-state index in [9.17, 15) is 14.7 Å². The van der Waals surface area contributed by atoms with Crippen molar-refractivity contribution in [3.63, 3.8) is 0 Å². The van der Waals surface area contributed by atoms with Crippen molar-refractivity contribution in [2.24, 2.45) is 10.9 Å². The number of aliphatic imine (C=N–C) groups is 1. The maximum Gasteiger partial charge on any atom is 0.315 e. The van der Waals surface area contributed by atoms with E-state index >= 15 is 0 Å². The lowest BCUT2D eigenvalue weighted by molar-refractivity contribution is -0.148. The molecule has 0 fully saturated rings. The van der Waals surface area contributed by atoms with Crippen LogP contribution in [0, 0.1) is 5.92 Å². The van der Waals surface area contributed by atoms with Crippen LogP contribution >= 0.6 is 11.6 Å². The summed E-state index contributed by atoms with van der Waals surface area (Å²) in [4.78, 5) is 30.5. The van der Waals surface area contributed by atoms with Crippen LogP contribution in [0.1, 0.15) is 44.6 Å². The van der Waals surface area contributed by atoms with E-state index in [1.165, 1.54) is 7.11 Å².